The Balaban J connectivity index is 2.41. The lowest BCUT2D eigenvalue weighted by Gasteiger charge is -2.51. The quantitative estimate of drug-likeness (QED) is 0.366. The minimum atomic E-state index is -0.675. The van der Waals surface area contributed by atoms with Gasteiger partial charge in [-0.15, -0.1) is 11.6 Å². The minimum absolute atomic E-state index is 0.0816. The van der Waals surface area contributed by atoms with Crippen molar-refractivity contribution < 1.29 is 14.3 Å². The normalized spacial score (nSPS) is 48.4. The maximum atomic E-state index is 11.4. The van der Waals surface area contributed by atoms with Crippen LogP contribution in [-0.4, -0.2) is 17.8 Å². The van der Waals surface area contributed by atoms with Crippen molar-refractivity contribution in [2.75, 3.05) is 5.88 Å². The average Bonchev–Trinajstić information content (AvgIpc) is 2.20. The molecule has 2 rings (SSSR count). The Kier molecular flexibility index (Phi) is 1.57. The third-order valence-corrected chi connectivity index (χ3v) is 4.24. The van der Waals surface area contributed by atoms with E-state index in [0.29, 0.717) is 12.3 Å². The predicted molar refractivity (Wildman–Crippen MR) is 46.1 cm³/mol. The summed E-state index contributed by atoms with van der Waals surface area (Å²) in [5.74, 6) is -0.301. The van der Waals surface area contributed by atoms with E-state index in [1.165, 1.54) is 0 Å². The molecule has 0 radical (unpaired) electrons. The van der Waals surface area contributed by atoms with Crippen LogP contribution in [0.3, 0.4) is 0 Å². The fourth-order valence-corrected chi connectivity index (χ4v) is 2.85. The molecule has 0 amide bonds. The highest BCUT2D eigenvalue weighted by molar-refractivity contribution is 6.18. The fraction of sp³-hybridized carbons (Fsp3) is 0.778. The summed E-state index contributed by atoms with van der Waals surface area (Å²) in [6.07, 6.45) is 0.664. The van der Waals surface area contributed by atoms with Crippen LogP contribution in [0.15, 0.2) is 0 Å². The summed E-state index contributed by atoms with van der Waals surface area (Å²) in [6.45, 7) is 3.56. The van der Waals surface area contributed by atoms with Gasteiger partial charge < -0.3 is 4.74 Å². The molecule has 0 spiro atoms. The summed E-state index contributed by atoms with van der Waals surface area (Å²) in [4.78, 5) is 22.8. The lowest BCUT2D eigenvalue weighted by atomic mass is 9.47. The number of fused-ring (bicyclic) bond motifs is 1. The second kappa shape index (κ2) is 2.27. The van der Waals surface area contributed by atoms with Crippen molar-refractivity contribution in [1.82, 2.24) is 0 Å². The van der Waals surface area contributed by atoms with Gasteiger partial charge in [0.1, 0.15) is 0 Å². The van der Waals surface area contributed by atoms with E-state index in [-0.39, 0.29) is 11.9 Å². The van der Waals surface area contributed by atoms with Crippen molar-refractivity contribution in [3.05, 3.63) is 0 Å². The maximum Gasteiger partial charge on any atom is 0.320 e. The Bertz CT molecular complexity index is 301. The van der Waals surface area contributed by atoms with E-state index in [4.69, 9.17) is 11.6 Å². The number of esters is 2. The van der Waals surface area contributed by atoms with Crippen molar-refractivity contribution in [3.8, 4) is 0 Å². The van der Waals surface area contributed by atoms with E-state index < -0.39 is 16.8 Å². The van der Waals surface area contributed by atoms with Crippen molar-refractivity contribution in [1.29, 1.82) is 0 Å². The molecule has 3 atom stereocenters. The zero-order valence-corrected chi connectivity index (χ0v) is 8.35. The standard InChI is InChI=1S/C9H11ClO3/c1-8-3-5(4-10)9(8,2)7(12)13-6(8)11/h5H,3-4H2,1-2H3. The summed E-state index contributed by atoms with van der Waals surface area (Å²) >= 11 is 5.72. The topological polar surface area (TPSA) is 43.4 Å². The molecular weight excluding hydrogens is 192 g/mol. The zero-order chi connectivity index (χ0) is 9.85. The SMILES string of the molecule is CC12CC(CCl)C1(C)C(=O)OC2=O. The van der Waals surface area contributed by atoms with Crippen molar-refractivity contribution in [2.45, 2.75) is 20.3 Å². The van der Waals surface area contributed by atoms with Gasteiger partial charge in [0.2, 0.25) is 0 Å². The summed E-state index contributed by atoms with van der Waals surface area (Å²) < 4.78 is 4.65. The van der Waals surface area contributed by atoms with Gasteiger partial charge >= 0.3 is 11.9 Å². The summed E-state index contributed by atoms with van der Waals surface area (Å²) in [6, 6.07) is 0. The molecule has 1 saturated carbocycles. The molecule has 4 heteroatoms. The lowest BCUT2D eigenvalue weighted by Crippen LogP contribution is -2.57. The van der Waals surface area contributed by atoms with Crippen LogP contribution < -0.4 is 0 Å². The van der Waals surface area contributed by atoms with E-state index in [0.717, 1.165) is 0 Å². The third-order valence-electron chi connectivity index (χ3n) is 3.86. The number of carbonyl (C=O) groups excluding carboxylic acids is 2. The van der Waals surface area contributed by atoms with Crippen LogP contribution >= 0.6 is 11.6 Å². The van der Waals surface area contributed by atoms with Crippen LogP contribution in [0.1, 0.15) is 20.3 Å². The molecule has 72 valence electrons. The molecule has 0 N–H and O–H groups in total. The highest BCUT2D eigenvalue weighted by Gasteiger charge is 2.73. The Hall–Kier alpha value is -0.570. The summed E-state index contributed by atoms with van der Waals surface area (Å²) in [5, 5.41) is 0. The molecule has 3 unspecified atom stereocenters. The van der Waals surface area contributed by atoms with Gasteiger partial charge in [-0.2, -0.15) is 0 Å². The highest BCUT2D eigenvalue weighted by Crippen LogP contribution is 2.65. The van der Waals surface area contributed by atoms with Crippen LogP contribution in [0.5, 0.6) is 0 Å². The monoisotopic (exact) mass is 202 g/mol. The van der Waals surface area contributed by atoms with Gasteiger partial charge in [-0.3, -0.25) is 9.59 Å². The van der Waals surface area contributed by atoms with Crippen molar-refractivity contribution in [2.24, 2.45) is 16.7 Å². The summed E-state index contributed by atoms with van der Waals surface area (Å²) in [7, 11) is 0. The van der Waals surface area contributed by atoms with Gasteiger partial charge in [0.15, 0.2) is 0 Å². The molecule has 13 heavy (non-hydrogen) atoms. The second-order valence-corrected chi connectivity index (χ2v) is 4.58. The van der Waals surface area contributed by atoms with Crippen molar-refractivity contribution >= 4 is 23.5 Å². The summed E-state index contributed by atoms with van der Waals surface area (Å²) in [5.41, 5.74) is -1.30. The first kappa shape index (κ1) is 9.00. The number of alkyl halides is 1. The molecule has 2 fully saturated rings. The first-order chi connectivity index (χ1) is 5.96. The van der Waals surface area contributed by atoms with Crippen LogP contribution in [-0.2, 0) is 14.3 Å². The molecule has 0 aromatic rings. The second-order valence-electron chi connectivity index (χ2n) is 4.27. The first-order valence-corrected chi connectivity index (χ1v) is 4.83. The molecule has 1 aliphatic heterocycles. The number of cyclic esters (lactones) is 2. The van der Waals surface area contributed by atoms with Crippen LogP contribution in [0.25, 0.3) is 0 Å². The van der Waals surface area contributed by atoms with Gasteiger partial charge in [0.05, 0.1) is 10.8 Å². The predicted octanol–water partition coefficient (Wildman–Crippen LogP) is 1.34. The maximum absolute atomic E-state index is 11.4. The van der Waals surface area contributed by atoms with Gasteiger partial charge in [0, 0.05) is 5.88 Å². The van der Waals surface area contributed by atoms with Gasteiger partial charge in [-0.05, 0) is 26.2 Å². The molecule has 0 bridgehead atoms. The number of rotatable bonds is 1. The average molecular weight is 203 g/mol. The third kappa shape index (κ3) is 0.725. The Labute approximate surface area is 81.4 Å². The lowest BCUT2D eigenvalue weighted by molar-refractivity contribution is -0.156. The molecule has 3 nitrogen and oxygen atoms in total. The molecular formula is C9H11ClO3. The first-order valence-electron chi connectivity index (χ1n) is 4.29. The fourth-order valence-electron chi connectivity index (χ4n) is 2.43. The largest absolute Gasteiger partial charge is 0.392 e. The van der Waals surface area contributed by atoms with Gasteiger partial charge in [-0.25, -0.2) is 0 Å². The number of halogens is 1. The molecule has 0 aromatic heterocycles. The van der Waals surface area contributed by atoms with E-state index in [9.17, 15) is 9.59 Å². The Morgan fingerprint density at radius 2 is 2.08 bits per heavy atom. The minimum Gasteiger partial charge on any atom is -0.392 e. The van der Waals surface area contributed by atoms with Crippen molar-refractivity contribution in [3.63, 3.8) is 0 Å². The van der Waals surface area contributed by atoms with E-state index in [1.807, 2.05) is 0 Å². The molecule has 1 aliphatic carbocycles. The van der Waals surface area contributed by atoms with Crippen LogP contribution in [0.4, 0.5) is 0 Å². The van der Waals surface area contributed by atoms with E-state index in [1.54, 1.807) is 13.8 Å². The number of hydrogen-bond donors (Lipinski definition) is 0. The highest BCUT2D eigenvalue weighted by atomic mass is 35.5. The van der Waals surface area contributed by atoms with Gasteiger partial charge in [-0.1, -0.05) is 0 Å². The molecule has 0 aromatic carbocycles. The van der Waals surface area contributed by atoms with Gasteiger partial charge in [0.25, 0.3) is 0 Å². The van der Waals surface area contributed by atoms with E-state index in [2.05, 4.69) is 4.74 Å². The van der Waals surface area contributed by atoms with E-state index >= 15 is 0 Å². The Morgan fingerprint density at radius 1 is 1.46 bits per heavy atom. The molecule has 2 aliphatic rings. The smallest absolute Gasteiger partial charge is 0.320 e. The van der Waals surface area contributed by atoms with Crippen LogP contribution in [0, 0.1) is 16.7 Å². The molecule has 1 heterocycles. The van der Waals surface area contributed by atoms with Crippen LogP contribution in [0.2, 0.25) is 0 Å². The number of carbonyl (C=O) groups is 2. The number of hydrogen-bond acceptors (Lipinski definition) is 3. The zero-order valence-electron chi connectivity index (χ0n) is 7.59. The number of ether oxygens (including phenoxy) is 1. The molecule has 1 saturated heterocycles. The Morgan fingerprint density at radius 3 is 2.54 bits per heavy atom.